The summed E-state index contributed by atoms with van der Waals surface area (Å²) in [6.07, 6.45) is 1.65. The lowest BCUT2D eigenvalue weighted by molar-refractivity contribution is 0.289. The zero-order valence-corrected chi connectivity index (χ0v) is 13.2. The number of benzene rings is 2. The molecule has 0 saturated carbocycles. The second-order valence-electron chi connectivity index (χ2n) is 5.02. The summed E-state index contributed by atoms with van der Waals surface area (Å²) < 4.78 is 52.5. The van der Waals surface area contributed by atoms with Crippen molar-refractivity contribution >= 4 is 0 Å². The third-order valence-corrected chi connectivity index (χ3v) is 3.35. The molecule has 2 rings (SSSR count). The maximum absolute atomic E-state index is 14.2. The summed E-state index contributed by atoms with van der Waals surface area (Å²) in [5.41, 5.74) is 0.217. The van der Waals surface area contributed by atoms with Gasteiger partial charge in [-0.25, -0.2) is 8.78 Å². The van der Waals surface area contributed by atoms with Gasteiger partial charge in [-0.1, -0.05) is 19.4 Å². The largest absolute Gasteiger partial charge is 0.491 e. The number of halogens is 3. The van der Waals surface area contributed by atoms with Crippen LogP contribution in [0.15, 0.2) is 30.3 Å². The van der Waals surface area contributed by atoms with Crippen molar-refractivity contribution in [3.05, 3.63) is 47.8 Å². The van der Waals surface area contributed by atoms with Gasteiger partial charge in [0.1, 0.15) is 0 Å². The molecule has 0 amide bonds. The number of rotatable bonds is 7. The minimum Gasteiger partial charge on any atom is -0.491 e. The van der Waals surface area contributed by atoms with Crippen molar-refractivity contribution in [2.75, 3.05) is 13.2 Å². The van der Waals surface area contributed by atoms with Crippen LogP contribution in [0.4, 0.5) is 13.2 Å². The molecule has 0 N–H and O–H groups in total. The van der Waals surface area contributed by atoms with Crippen LogP contribution in [-0.2, 0) is 0 Å². The van der Waals surface area contributed by atoms with Crippen LogP contribution in [0.3, 0.4) is 0 Å². The van der Waals surface area contributed by atoms with Crippen LogP contribution in [0.25, 0.3) is 11.1 Å². The van der Waals surface area contributed by atoms with E-state index in [4.69, 9.17) is 9.47 Å². The fourth-order valence-corrected chi connectivity index (χ4v) is 2.13. The molecule has 124 valence electrons. The summed E-state index contributed by atoms with van der Waals surface area (Å²) in [6.45, 7) is 4.36. The predicted molar refractivity (Wildman–Crippen MR) is 83.3 cm³/mol. The van der Waals surface area contributed by atoms with E-state index in [1.165, 1.54) is 24.3 Å². The van der Waals surface area contributed by atoms with Crippen LogP contribution in [0.2, 0.25) is 0 Å². The Morgan fingerprint density at radius 2 is 1.61 bits per heavy atom. The fourth-order valence-electron chi connectivity index (χ4n) is 2.13. The fraction of sp³-hybridized carbons (Fsp3) is 0.333. The Morgan fingerprint density at radius 3 is 2.26 bits per heavy atom. The van der Waals surface area contributed by atoms with Gasteiger partial charge in [0.05, 0.1) is 13.2 Å². The molecule has 0 bridgehead atoms. The smallest absolute Gasteiger partial charge is 0.201 e. The SMILES string of the molecule is CCCCOc1ccc(-c2ccc(OCC)c(F)c2)c(F)c1F. The summed E-state index contributed by atoms with van der Waals surface area (Å²) in [4.78, 5) is 0. The highest BCUT2D eigenvalue weighted by Crippen LogP contribution is 2.32. The maximum atomic E-state index is 14.2. The Hall–Kier alpha value is -2.17. The van der Waals surface area contributed by atoms with E-state index in [0.717, 1.165) is 18.9 Å². The highest BCUT2D eigenvalue weighted by atomic mass is 19.2. The average Bonchev–Trinajstić information content (AvgIpc) is 2.54. The van der Waals surface area contributed by atoms with Gasteiger partial charge in [0, 0.05) is 5.56 Å². The second-order valence-corrected chi connectivity index (χ2v) is 5.02. The van der Waals surface area contributed by atoms with E-state index in [0.29, 0.717) is 13.2 Å². The highest BCUT2D eigenvalue weighted by molar-refractivity contribution is 5.66. The maximum Gasteiger partial charge on any atom is 0.201 e. The topological polar surface area (TPSA) is 18.5 Å². The summed E-state index contributed by atoms with van der Waals surface area (Å²) in [5, 5.41) is 0. The van der Waals surface area contributed by atoms with Gasteiger partial charge in [-0.3, -0.25) is 0 Å². The summed E-state index contributed by atoms with van der Waals surface area (Å²) in [5.74, 6) is -2.79. The van der Waals surface area contributed by atoms with Crippen molar-refractivity contribution in [2.24, 2.45) is 0 Å². The standard InChI is InChI=1S/C18H19F3O2/c1-3-5-10-23-16-9-7-13(17(20)18(16)21)12-6-8-15(22-4-2)14(19)11-12/h6-9,11H,3-5,10H2,1-2H3. The lowest BCUT2D eigenvalue weighted by Crippen LogP contribution is -2.01. The van der Waals surface area contributed by atoms with Crippen molar-refractivity contribution in [1.82, 2.24) is 0 Å². The minimum atomic E-state index is -1.06. The molecule has 23 heavy (non-hydrogen) atoms. The van der Waals surface area contributed by atoms with Crippen LogP contribution in [0.5, 0.6) is 11.5 Å². The first-order valence-corrected chi connectivity index (χ1v) is 7.62. The van der Waals surface area contributed by atoms with Gasteiger partial charge in [0.2, 0.25) is 5.82 Å². The van der Waals surface area contributed by atoms with Gasteiger partial charge < -0.3 is 9.47 Å². The van der Waals surface area contributed by atoms with Crippen LogP contribution in [-0.4, -0.2) is 13.2 Å². The summed E-state index contributed by atoms with van der Waals surface area (Å²) in [7, 11) is 0. The zero-order valence-electron chi connectivity index (χ0n) is 13.2. The molecule has 0 aliphatic heterocycles. The first-order chi connectivity index (χ1) is 11.1. The first kappa shape index (κ1) is 17.2. The molecule has 0 fully saturated rings. The van der Waals surface area contributed by atoms with Gasteiger partial charge in [-0.15, -0.1) is 0 Å². The highest BCUT2D eigenvalue weighted by Gasteiger charge is 2.17. The molecule has 0 saturated heterocycles. The molecular weight excluding hydrogens is 305 g/mol. The van der Waals surface area contributed by atoms with Crippen molar-refractivity contribution in [1.29, 1.82) is 0 Å². The molecule has 0 heterocycles. The van der Waals surface area contributed by atoms with Crippen LogP contribution >= 0.6 is 0 Å². The first-order valence-electron chi connectivity index (χ1n) is 7.62. The van der Waals surface area contributed by atoms with Crippen LogP contribution in [0, 0.1) is 17.5 Å². The zero-order chi connectivity index (χ0) is 16.8. The van der Waals surface area contributed by atoms with Gasteiger partial charge in [-0.05, 0) is 43.2 Å². The van der Waals surface area contributed by atoms with Crippen LogP contribution in [0.1, 0.15) is 26.7 Å². The third kappa shape index (κ3) is 3.97. The second kappa shape index (κ2) is 7.90. The third-order valence-electron chi connectivity index (χ3n) is 3.35. The Labute approximate surface area is 133 Å². The molecule has 0 atom stereocenters. The molecular formula is C18H19F3O2. The van der Waals surface area contributed by atoms with E-state index in [1.54, 1.807) is 6.92 Å². The lowest BCUT2D eigenvalue weighted by atomic mass is 10.0. The summed E-state index contributed by atoms with van der Waals surface area (Å²) >= 11 is 0. The Morgan fingerprint density at radius 1 is 0.870 bits per heavy atom. The molecule has 0 spiro atoms. The lowest BCUT2D eigenvalue weighted by Gasteiger charge is -2.11. The van der Waals surface area contributed by atoms with Crippen molar-refractivity contribution in [3.63, 3.8) is 0 Å². The molecule has 0 aliphatic rings. The van der Waals surface area contributed by atoms with Crippen molar-refractivity contribution in [2.45, 2.75) is 26.7 Å². The van der Waals surface area contributed by atoms with Gasteiger partial charge >= 0.3 is 0 Å². The average molecular weight is 324 g/mol. The monoisotopic (exact) mass is 324 g/mol. The number of hydrogen-bond donors (Lipinski definition) is 0. The van der Waals surface area contributed by atoms with E-state index in [-0.39, 0.29) is 22.6 Å². The number of unbranched alkanes of at least 4 members (excludes halogenated alkanes) is 1. The van der Waals surface area contributed by atoms with E-state index < -0.39 is 17.5 Å². The molecule has 0 aromatic heterocycles. The predicted octanol–water partition coefficient (Wildman–Crippen LogP) is 5.35. The van der Waals surface area contributed by atoms with Crippen molar-refractivity contribution in [3.8, 4) is 22.6 Å². The molecule has 0 unspecified atom stereocenters. The summed E-state index contributed by atoms with van der Waals surface area (Å²) in [6, 6.07) is 6.76. The number of ether oxygens (including phenoxy) is 2. The number of hydrogen-bond acceptors (Lipinski definition) is 2. The minimum absolute atomic E-state index is 0.0210. The Kier molecular flexibility index (Phi) is 5.90. The quantitative estimate of drug-likeness (QED) is 0.639. The molecule has 2 aromatic carbocycles. The molecule has 2 aromatic rings. The van der Waals surface area contributed by atoms with Gasteiger partial charge in [-0.2, -0.15) is 4.39 Å². The molecule has 5 heteroatoms. The van der Waals surface area contributed by atoms with Gasteiger partial charge in [0.25, 0.3) is 0 Å². The van der Waals surface area contributed by atoms with E-state index in [1.807, 2.05) is 6.92 Å². The molecule has 0 aliphatic carbocycles. The molecule has 0 radical (unpaired) electrons. The van der Waals surface area contributed by atoms with E-state index >= 15 is 0 Å². The molecule has 2 nitrogen and oxygen atoms in total. The van der Waals surface area contributed by atoms with E-state index in [9.17, 15) is 13.2 Å². The van der Waals surface area contributed by atoms with Crippen molar-refractivity contribution < 1.29 is 22.6 Å². The Bertz CT molecular complexity index is 672. The normalized spacial score (nSPS) is 10.7. The van der Waals surface area contributed by atoms with Gasteiger partial charge in [0.15, 0.2) is 23.1 Å². The van der Waals surface area contributed by atoms with E-state index in [2.05, 4.69) is 0 Å². The Balaban J connectivity index is 2.30. The van der Waals surface area contributed by atoms with Crippen LogP contribution < -0.4 is 9.47 Å².